The van der Waals surface area contributed by atoms with Crippen LogP contribution in [0.4, 0.5) is 0 Å². The van der Waals surface area contributed by atoms with Crippen LogP contribution in [-0.4, -0.2) is 18.2 Å². The van der Waals surface area contributed by atoms with E-state index in [0.717, 1.165) is 18.7 Å². The van der Waals surface area contributed by atoms with Gasteiger partial charge in [0.1, 0.15) is 0 Å². The number of aromatic amines is 1. The van der Waals surface area contributed by atoms with E-state index in [2.05, 4.69) is 29.2 Å². The molecule has 1 saturated heterocycles. The van der Waals surface area contributed by atoms with E-state index in [4.69, 9.17) is 16.3 Å². The molecule has 1 aromatic heterocycles. The van der Waals surface area contributed by atoms with Gasteiger partial charge in [-0.2, -0.15) is 0 Å². The van der Waals surface area contributed by atoms with E-state index in [1.54, 1.807) is 0 Å². The molecule has 0 bridgehead atoms. The molecule has 1 aromatic carbocycles. The maximum Gasteiger partial charge on any atom is 0.0657 e. The fourth-order valence-corrected chi connectivity index (χ4v) is 2.22. The number of rotatable bonds is 2. The molecule has 0 radical (unpaired) electrons. The summed E-state index contributed by atoms with van der Waals surface area (Å²) in [5, 5.41) is 1.30. The molecule has 2 nitrogen and oxygen atoms in total. The maximum absolute atomic E-state index is 6.39. The van der Waals surface area contributed by atoms with Crippen LogP contribution in [0.2, 0.25) is 0 Å². The van der Waals surface area contributed by atoms with E-state index in [-0.39, 0.29) is 5.38 Å². The van der Waals surface area contributed by atoms with Gasteiger partial charge in [0, 0.05) is 17.6 Å². The third-order valence-corrected chi connectivity index (χ3v) is 3.58. The zero-order valence-electron chi connectivity index (χ0n) is 8.24. The number of benzene rings is 1. The molecule has 3 rings (SSSR count). The number of ether oxygens (including phenoxy) is 1. The second-order valence-electron chi connectivity index (χ2n) is 4.02. The molecule has 1 aliphatic heterocycles. The van der Waals surface area contributed by atoms with Crippen molar-refractivity contribution in [2.75, 3.05) is 13.2 Å². The number of fused-ring (bicyclic) bond motifs is 1. The average molecular weight is 222 g/mol. The lowest BCUT2D eigenvalue weighted by Gasteiger charge is -2.30. The lowest BCUT2D eigenvalue weighted by atomic mass is 9.96. The Bertz CT molecular complexity index is 475. The van der Waals surface area contributed by atoms with E-state index in [1.165, 1.54) is 10.9 Å². The first kappa shape index (κ1) is 9.25. The largest absolute Gasteiger partial charge is 0.381 e. The Morgan fingerprint density at radius 1 is 1.33 bits per heavy atom. The summed E-state index contributed by atoms with van der Waals surface area (Å²) >= 11 is 6.39. The molecular formula is C12H12ClNO. The van der Waals surface area contributed by atoms with Crippen LogP contribution in [0.25, 0.3) is 10.9 Å². The molecule has 0 amide bonds. The summed E-state index contributed by atoms with van der Waals surface area (Å²) in [5.41, 5.74) is 2.35. The topological polar surface area (TPSA) is 25.0 Å². The van der Waals surface area contributed by atoms with Crippen LogP contribution >= 0.6 is 11.6 Å². The number of nitrogens with one attached hydrogen (secondary N) is 1. The fourth-order valence-electron chi connectivity index (χ4n) is 1.94. The van der Waals surface area contributed by atoms with Gasteiger partial charge in [0.15, 0.2) is 0 Å². The Kier molecular flexibility index (Phi) is 2.19. The second kappa shape index (κ2) is 3.54. The molecule has 3 heteroatoms. The predicted molar refractivity (Wildman–Crippen MR) is 61.2 cm³/mol. The predicted octanol–water partition coefficient (Wildman–Crippen LogP) is 3.09. The Morgan fingerprint density at radius 2 is 2.20 bits per heavy atom. The van der Waals surface area contributed by atoms with Crippen LogP contribution < -0.4 is 0 Å². The number of halogens is 1. The molecule has 1 unspecified atom stereocenters. The third kappa shape index (κ3) is 1.54. The standard InChI is InChI=1S/C12H12ClNO/c13-12(10-6-15-7-10)9-1-2-11-8(5-9)3-4-14-11/h1-5,10,12,14H,6-7H2. The molecule has 0 aliphatic carbocycles. The molecule has 1 N–H and O–H groups in total. The molecule has 0 spiro atoms. The summed E-state index contributed by atoms with van der Waals surface area (Å²) in [6, 6.07) is 8.40. The molecule has 15 heavy (non-hydrogen) atoms. The minimum Gasteiger partial charge on any atom is -0.381 e. The second-order valence-corrected chi connectivity index (χ2v) is 4.49. The highest BCUT2D eigenvalue weighted by Gasteiger charge is 2.27. The van der Waals surface area contributed by atoms with Gasteiger partial charge in [-0.25, -0.2) is 0 Å². The Labute approximate surface area is 93.2 Å². The normalized spacial score (nSPS) is 19.0. The van der Waals surface area contributed by atoms with E-state index < -0.39 is 0 Å². The van der Waals surface area contributed by atoms with Crippen molar-refractivity contribution in [3.05, 3.63) is 36.0 Å². The van der Waals surface area contributed by atoms with Gasteiger partial charge in [0.2, 0.25) is 0 Å². The first-order valence-corrected chi connectivity index (χ1v) is 5.57. The first-order chi connectivity index (χ1) is 7.34. The molecule has 1 aliphatic rings. The SMILES string of the molecule is ClC(c1ccc2[nH]ccc2c1)C1COC1. The van der Waals surface area contributed by atoms with Crippen LogP contribution in [0.1, 0.15) is 10.9 Å². The van der Waals surface area contributed by atoms with Crippen molar-refractivity contribution in [2.24, 2.45) is 5.92 Å². The van der Waals surface area contributed by atoms with Crippen molar-refractivity contribution in [1.82, 2.24) is 4.98 Å². The zero-order chi connectivity index (χ0) is 10.3. The van der Waals surface area contributed by atoms with Gasteiger partial charge in [0.25, 0.3) is 0 Å². The van der Waals surface area contributed by atoms with Gasteiger partial charge in [-0.3, -0.25) is 0 Å². The minimum atomic E-state index is 0.0815. The van der Waals surface area contributed by atoms with Gasteiger partial charge < -0.3 is 9.72 Å². The Balaban J connectivity index is 1.95. The van der Waals surface area contributed by atoms with Crippen molar-refractivity contribution >= 4 is 22.5 Å². The number of hydrogen-bond donors (Lipinski definition) is 1. The summed E-state index contributed by atoms with van der Waals surface area (Å²) in [6.07, 6.45) is 1.95. The van der Waals surface area contributed by atoms with E-state index in [0.29, 0.717) is 5.92 Å². The van der Waals surface area contributed by atoms with Gasteiger partial charge in [0.05, 0.1) is 18.6 Å². The minimum absolute atomic E-state index is 0.0815. The fraction of sp³-hybridized carbons (Fsp3) is 0.333. The zero-order valence-corrected chi connectivity index (χ0v) is 9.00. The van der Waals surface area contributed by atoms with Gasteiger partial charge in [-0.1, -0.05) is 6.07 Å². The van der Waals surface area contributed by atoms with E-state index in [1.807, 2.05) is 6.20 Å². The number of alkyl halides is 1. The summed E-state index contributed by atoms with van der Waals surface area (Å²) in [6.45, 7) is 1.58. The highest BCUT2D eigenvalue weighted by Crippen LogP contribution is 2.34. The van der Waals surface area contributed by atoms with Gasteiger partial charge >= 0.3 is 0 Å². The van der Waals surface area contributed by atoms with Crippen LogP contribution in [0, 0.1) is 5.92 Å². The average Bonchev–Trinajstić information content (AvgIpc) is 2.61. The molecule has 0 saturated carbocycles. The van der Waals surface area contributed by atoms with Crippen molar-refractivity contribution in [1.29, 1.82) is 0 Å². The number of hydrogen-bond acceptors (Lipinski definition) is 1. The molecular weight excluding hydrogens is 210 g/mol. The van der Waals surface area contributed by atoms with Crippen LogP contribution in [0.15, 0.2) is 30.5 Å². The molecule has 1 atom stereocenters. The summed E-state index contributed by atoms with van der Waals surface area (Å²) in [7, 11) is 0. The Hall–Kier alpha value is -0.990. The molecule has 1 fully saturated rings. The van der Waals surface area contributed by atoms with Crippen molar-refractivity contribution in [3.8, 4) is 0 Å². The molecule has 2 aromatic rings. The highest BCUT2D eigenvalue weighted by atomic mass is 35.5. The monoisotopic (exact) mass is 221 g/mol. The van der Waals surface area contributed by atoms with E-state index in [9.17, 15) is 0 Å². The quantitative estimate of drug-likeness (QED) is 0.775. The Morgan fingerprint density at radius 3 is 2.93 bits per heavy atom. The number of aromatic nitrogens is 1. The smallest absolute Gasteiger partial charge is 0.0657 e. The maximum atomic E-state index is 6.39. The van der Waals surface area contributed by atoms with Crippen LogP contribution in [-0.2, 0) is 4.74 Å². The van der Waals surface area contributed by atoms with E-state index >= 15 is 0 Å². The van der Waals surface area contributed by atoms with Crippen molar-refractivity contribution in [3.63, 3.8) is 0 Å². The van der Waals surface area contributed by atoms with Crippen molar-refractivity contribution in [2.45, 2.75) is 5.38 Å². The highest BCUT2D eigenvalue weighted by molar-refractivity contribution is 6.21. The molecule has 2 heterocycles. The first-order valence-electron chi connectivity index (χ1n) is 5.13. The molecule has 78 valence electrons. The van der Waals surface area contributed by atoms with Crippen LogP contribution in [0.5, 0.6) is 0 Å². The number of H-pyrrole nitrogens is 1. The summed E-state index contributed by atoms with van der Waals surface area (Å²) in [4.78, 5) is 3.18. The van der Waals surface area contributed by atoms with Crippen molar-refractivity contribution < 1.29 is 4.74 Å². The van der Waals surface area contributed by atoms with Gasteiger partial charge in [-0.15, -0.1) is 11.6 Å². The third-order valence-electron chi connectivity index (χ3n) is 2.97. The lowest BCUT2D eigenvalue weighted by molar-refractivity contribution is -0.0337. The summed E-state index contributed by atoms with van der Waals surface area (Å²) in [5.74, 6) is 0.475. The van der Waals surface area contributed by atoms with Gasteiger partial charge in [-0.05, 0) is 29.1 Å². The summed E-state index contributed by atoms with van der Waals surface area (Å²) < 4.78 is 5.16. The van der Waals surface area contributed by atoms with Crippen LogP contribution in [0.3, 0.4) is 0 Å². The lowest BCUT2D eigenvalue weighted by Crippen LogP contribution is -2.30.